The van der Waals surface area contributed by atoms with Gasteiger partial charge >= 0.3 is 18.0 Å². The third kappa shape index (κ3) is 4.56. The molecule has 1 amide bonds. The van der Waals surface area contributed by atoms with Crippen molar-refractivity contribution in [1.29, 1.82) is 0 Å². The molecule has 6 nitrogen and oxygen atoms in total. The number of aromatic nitrogens is 4. The van der Waals surface area contributed by atoms with Gasteiger partial charge in [0.1, 0.15) is 5.56 Å². The number of amides is 1. The third-order valence-electron chi connectivity index (χ3n) is 5.91. The second kappa shape index (κ2) is 8.22. The van der Waals surface area contributed by atoms with Gasteiger partial charge in [0.2, 0.25) is 0 Å². The number of nitrogens with one attached hydrogen (secondary N) is 1. The van der Waals surface area contributed by atoms with E-state index < -0.39 is 41.0 Å². The van der Waals surface area contributed by atoms with E-state index in [1.165, 1.54) is 18.2 Å². The largest absolute Gasteiger partial charge is 0.422 e. The minimum Gasteiger partial charge on any atom is -0.347 e. The lowest BCUT2D eigenvalue weighted by atomic mass is 10.0. The molecule has 1 saturated carbocycles. The fraction of sp³-hybridized carbons (Fsp3) is 0.409. The number of hydrogen-bond acceptors (Lipinski definition) is 3. The second-order valence-electron chi connectivity index (χ2n) is 9.01. The van der Waals surface area contributed by atoms with Crippen LogP contribution in [0.1, 0.15) is 48.3 Å². The summed E-state index contributed by atoms with van der Waals surface area (Å²) in [6.07, 6.45) is -1.64. The zero-order valence-electron chi connectivity index (χ0n) is 19.0. The van der Waals surface area contributed by atoms with Crippen molar-refractivity contribution in [3.63, 3.8) is 0 Å². The number of rotatable bonds is 6. The molecule has 1 aliphatic carbocycles. The van der Waals surface area contributed by atoms with E-state index in [9.17, 15) is 35.5 Å². The first-order valence-corrected chi connectivity index (χ1v) is 10.9. The summed E-state index contributed by atoms with van der Waals surface area (Å²) >= 11 is 6.15. The van der Waals surface area contributed by atoms with Crippen molar-refractivity contribution in [1.82, 2.24) is 24.9 Å². The predicted octanol–water partition coefficient (Wildman–Crippen LogP) is 5.97. The minimum atomic E-state index is -5.45. The van der Waals surface area contributed by atoms with E-state index in [0.29, 0.717) is 14.9 Å². The molecule has 36 heavy (non-hydrogen) atoms. The van der Waals surface area contributed by atoms with Crippen molar-refractivity contribution >= 4 is 17.5 Å². The smallest absolute Gasteiger partial charge is 0.347 e. The van der Waals surface area contributed by atoms with Gasteiger partial charge in [-0.05, 0) is 37.5 Å². The van der Waals surface area contributed by atoms with Crippen molar-refractivity contribution in [2.45, 2.75) is 50.2 Å². The van der Waals surface area contributed by atoms with Gasteiger partial charge in [-0.1, -0.05) is 17.7 Å². The summed E-state index contributed by atoms with van der Waals surface area (Å²) in [6, 6.07) is 4.33. The molecule has 14 heteroatoms. The summed E-state index contributed by atoms with van der Waals surface area (Å²) < 4.78 is 98.2. The Balaban J connectivity index is 1.78. The number of halogens is 8. The Morgan fingerprint density at radius 3 is 2.31 bits per heavy atom. The number of alkyl halides is 7. The van der Waals surface area contributed by atoms with Crippen LogP contribution in [0.25, 0.3) is 16.9 Å². The van der Waals surface area contributed by atoms with Crippen LogP contribution < -0.4 is 5.32 Å². The Morgan fingerprint density at radius 1 is 1.11 bits per heavy atom. The zero-order valence-corrected chi connectivity index (χ0v) is 19.8. The number of carbonyl (C=O) groups is 1. The topological polar surface area (TPSA) is 64.7 Å². The molecule has 3 aromatic rings. The van der Waals surface area contributed by atoms with Crippen molar-refractivity contribution in [2.24, 2.45) is 7.05 Å². The molecule has 1 aromatic carbocycles. The maximum absolute atomic E-state index is 14.3. The van der Waals surface area contributed by atoms with Crippen LogP contribution in [0.2, 0.25) is 5.02 Å². The number of hydrogen-bond donors (Lipinski definition) is 1. The normalized spacial score (nSPS) is 15.8. The lowest BCUT2D eigenvalue weighted by Crippen LogP contribution is -2.37. The van der Waals surface area contributed by atoms with E-state index in [1.807, 2.05) is 6.92 Å². The fourth-order valence-electron chi connectivity index (χ4n) is 3.59. The summed E-state index contributed by atoms with van der Waals surface area (Å²) in [7, 11) is 0.905. The standard InChI is InChI=1S/C22H19ClF7N5O/c1-19(6-7-19)32-17(36)13-8-11(4-5-14(13)23)12-9-31-35(10-12)18-15(22(28,29)30)16(33-34(18)3)21(26,27)20(2,24)25/h4-5,8-10H,6-7H2,1-3H3,(H,32,36). The molecular weight excluding hydrogens is 519 g/mol. The molecule has 0 spiro atoms. The average Bonchev–Trinajstić information content (AvgIpc) is 3.13. The molecule has 1 fully saturated rings. The highest BCUT2D eigenvalue weighted by molar-refractivity contribution is 6.34. The quantitative estimate of drug-likeness (QED) is 0.394. The van der Waals surface area contributed by atoms with E-state index >= 15 is 0 Å². The van der Waals surface area contributed by atoms with Crippen molar-refractivity contribution in [2.75, 3.05) is 0 Å². The number of benzene rings is 1. The van der Waals surface area contributed by atoms with Gasteiger partial charge in [0.05, 0.1) is 16.8 Å². The molecular formula is C22H19ClF7N5O. The highest BCUT2D eigenvalue weighted by Gasteiger charge is 2.60. The van der Waals surface area contributed by atoms with E-state index in [2.05, 4.69) is 15.5 Å². The van der Waals surface area contributed by atoms with Crippen LogP contribution in [0.3, 0.4) is 0 Å². The summed E-state index contributed by atoms with van der Waals surface area (Å²) in [5.74, 6) is -11.4. The monoisotopic (exact) mass is 537 g/mol. The van der Waals surface area contributed by atoms with Gasteiger partial charge in [0.25, 0.3) is 5.91 Å². The molecule has 1 aliphatic rings. The highest BCUT2D eigenvalue weighted by atomic mass is 35.5. The van der Waals surface area contributed by atoms with E-state index in [0.717, 1.165) is 32.3 Å². The van der Waals surface area contributed by atoms with Crippen molar-refractivity contribution in [3.05, 3.63) is 52.4 Å². The Kier molecular flexibility index (Phi) is 5.93. The predicted molar refractivity (Wildman–Crippen MR) is 115 cm³/mol. The van der Waals surface area contributed by atoms with Gasteiger partial charge in [-0.15, -0.1) is 0 Å². The van der Waals surface area contributed by atoms with Crippen molar-refractivity contribution < 1.29 is 35.5 Å². The molecule has 4 rings (SSSR count). The molecule has 194 valence electrons. The number of carbonyl (C=O) groups excluding carboxylic acids is 1. The molecule has 0 aliphatic heterocycles. The van der Waals surface area contributed by atoms with Crippen LogP contribution in [0.4, 0.5) is 30.7 Å². The maximum Gasteiger partial charge on any atom is 0.422 e. The summed E-state index contributed by atoms with van der Waals surface area (Å²) in [4.78, 5) is 12.6. The molecule has 1 N–H and O–H groups in total. The van der Waals surface area contributed by atoms with Crippen molar-refractivity contribution in [3.8, 4) is 16.9 Å². The molecule has 0 bridgehead atoms. The minimum absolute atomic E-state index is 0.124. The second-order valence-corrected chi connectivity index (χ2v) is 9.42. The van der Waals surface area contributed by atoms with E-state index in [-0.39, 0.29) is 28.6 Å². The summed E-state index contributed by atoms with van der Waals surface area (Å²) in [5, 5.41) is 9.90. The Morgan fingerprint density at radius 2 is 1.75 bits per heavy atom. The summed E-state index contributed by atoms with van der Waals surface area (Å²) in [6.45, 7) is 1.68. The molecule has 2 aromatic heterocycles. The lowest BCUT2D eigenvalue weighted by Gasteiger charge is -2.22. The number of nitrogens with zero attached hydrogens (tertiary/aromatic N) is 4. The third-order valence-corrected chi connectivity index (χ3v) is 6.24. The Hall–Kier alpha value is -3.09. The first-order valence-electron chi connectivity index (χ1n) is 10.5. The fourth-order valence-corrected chi connectivity index (χ4v) is 3.79. The summed E-state index contributed by atoms with van der Waals surface area (Å²) in [5.41, 5.74) is -3.81. The first kappa shape index (κ1) is 26.0. The zero-order chi connectivity index (χ0) is 26.8. The molecule has 0 radical (unpaired) electrons. The Labute approximate surface area is 205 Å². The Bertz CT molecular complexity index is 1340. The number of aryl methyl sites for hydroxylation is 1. The van der Waals surface area contributed by atoms with E-state index in [1.54, 1.807) is 0 Å². The van der Waals surface area contributed by atoms with Gasteiger partial charge in [0, 0.05) is 31.3 Å². The van der Waals surface area contributed by atoms with Crippen LogP contribution in [0, 0.1) is 0 Å². The van der Waals surface area contributed by atoms with E-state index in [4.69, 9.17) is 11.6 Å². The lowest BCUT2D eigenvalue weighted by molar-refractivity contribution is -0.212. The molecule has 2 heterocycles. The molecule has 0 saturated heterocycles. The molecule has 0 atom stereocenters. The molecule has 0 unspecified atom stereocenters. The van der Waals surface area contributed by atoms with Crippen LogP contribution in [0.5, 0.6) is 0 Å². The average molecular weight is 538 g/mol. The van der Waals surface area contributed by atoms with Gasteiger partial charge in [-0.2, -0.15) is 40.9 Å². The van der Waals surface area contributed by atoms with Crippen LogP contribution >= 0.6 is 11.6 Å². The SMILES string of the molecule is Cn1nc(C(F)(F)C(C)(F)F)c(C(F)(F)F)c1-n1cc(-c2ccc(Cl)c(C(=O)NC3(C)CC3)c2)cn1. The first-order chi connectivity index (χ1) is 16.4. The maximum atomic E-state index is 14.3. The van der Waals surface area contributed by atoms with Crippen LogP contribution in [0.15, 0.2) is 30.6 Å². The van der Waals surface area contributed by atoms with Gasteiger partial charge < -0.3 is 5.32 Å². The van der Waals surface area contributed by atoms with Crippen LogP contribution in [-0.2, 0) is 19.1 Å². The van der Waals surface area contributed by atoms with Gasteiger partial charge in [-0.25, -0.2) is 9.36 Å². The highest BCUT2D eigenvalue weighted by Crippen LogP contribution is 2.48. The van der Waals surface area contributed by atoms with Crippen LogP contribution in [-0.4, -0.2) is 36.9 Å². The van der Waals surface area contributed by atoms with Gasteiger partial charge in [0.15, 0.2) is 11.5 Å². The van der Waals surface area contributed by atoms with Gasteiger partial charge in [-0.3, -0.25) is 4.79 Å².